The third-order valence-corrected chi connectivity index (χ3v) is 3.30. The Kier molecular flexibility index (Phi) is 3.76. The van der Waals surface area contributed by atoms with Gasteiger partial charge in [-0.3, -0.25) is 4.57 Å². The van der Waals surface area contributed by atoms with Crippen LogP contribution in [0.4, 0.5) is 5.95 Å². The third-order valence-electron chi connectivity index (χ3n) is 1.98. The van der Waals surface area contributed by atoms with Crippen molar-refractivity contribution in [2.24, 2.45) is 7.05 Å². The van der Waals surface area contributed by atoms with E-state index in [-0.39, 0.29) is 11.7 Å². The standard InChI is InChI=1S/C8H14N4O3S/c1-8(14,5(13)15-3)4-16-7-11-10-6(9)12(7)2/h14H,4H2,1-3H3,(H2,9,10). The van der Waals surface area contributed by atoms with E-state index in [1.807, 2.05) is 0 Å². The lowest BCUT2D eigenvalue weighted by molar-refractivity contribution is -0.158. The van der Waals surface area contributed by atoms with Gasteiger partial charge in [0.25, 0.3) is 0 Å². The number of carbonyl (C=O) groups is 1. The second-order valence-electron chi connectivity index (χ2n) is 3.45. The molecule has 0 saturated heterocycles. The summed E-state index contributed by atoms with van der Waals surface area (Å²) in [5.41, 5.74) is 3.93. The number of nitrogen functional groups attached to an aromatic ring is 1. The highest BCUT2D eigenvalue weighted by molar-refractivity contribution is 7.99. The molecule has 1 rings (SSSR count). The number of ether oxygens (including phenoxy) is 1. The SMILES string of the molecule is COC(=O)C(C)(O)CSc1nnc(N)n1C. The molecule has 8 heteroatoms. The molecule has 90 valence electrons. The van der Waals surface area contributed by atoms with Crippen LogP contribution in [0.2, 0.25) is 0 Å². The molecular weight excluding hydrogens is 232 g/mol. The van der Waals surface area contributed by atoms with E-state index in [1.54, 1.807) is 11.6 Å². The summed E-state index contributed by atoms with van der Waals surface area (Å²) in [6.07, 6.45) is 0. The third kappa shape index (κ3) is 2.64. The first-order valence-corrected chi connectivity index (χ1v) is 5.45. The Bertz CT molecular complexity index is 391. The fourth-order valence-corrected chi connectivity index (χ4v) is 1.85. The van der Waals surface area contributed by atoms with Crippen LogP contribution in [0, 0.1) is 0 Å². The zero-order valence-corrected chi connectivity index (χ0v) is 10.1. The minimum absolute atomic E-state index is 0.117. The molecule has 0 aliphatic rings. The second-order valence-corrected chi connectivity index (χ2v) is 4.40. The van der Waals surface area contributed by atoms with Crippen molar-refractivity contribution in [1.29, 1.82) is 0 Å². The lowest BCUT2D eigenvalue weighted by Crippen LogP contribution is -2.38. The molecule has 1 aromatic heterocycles. The van der Waals surface area contributed by atoms with Gasteiger partial charge in [0.1, 0.15) is 0 Å². The summed E-state index contributed by atoms with van der Waals surface area (Å²) in [7, 11) is 2.92. The van der Waals surface area contributed by atoms with Crippen LogP contribution in [0.25, 0.3) is 0 Å². The number of carbonyl (C=O) groups excluding carboxylic acids is 1. The number of hydrogen-bond donors (Lipinski definition) is 2. The van der Waals surface area contributed by atoms with E-state index in [4.69, 9.17) is 5.73 Å². The Morgan fingerprint density at radius 1 is 1.69 bits per heavy atom. The average molecular weight is 246 g/mol. The van der Waals surface area contributed by atoms with Gasteiger partial charge < -0.3 is 15.6 Å². The number of esters is 1. The Hall–Kier alpha value is -1.28. The van der Waals surface area contributed by atoms with E-state index >= 15 is 0 Å². The molecule has 0 fully saturated rings. The van der Waals surface area contributed by atoms with Crippen molar-refractivity contribution in [2.45, 2.75) is 17.7 Å². The molecule has 1 unspecified atom stereocenters. The van der Waals surface area contributed by atoms with Crippen LogP contribution < -0.4 is 5.73 Å². The quantitative estimate of drug-likeness (QED) is 0.540. The average Bonchev–Trinajstić information content (AvgIpc) is 2.56. The summed E-state index contributed by atoms with van der Waals surface area (Å²) in [5.74, 6) is -0.290. The predicted octanol–water partition coefficient (Wildman–Crippen LogP) is -0.587. The molecule has 0 spiro atoms. The van der Waals surface area contributed by atoms with Gasteiger partial charge in [0, 0.05) is 12.8 Å². The topological polar surface area (TPSA) is 103 Å². The van der Waals surface area contributed by atoms with Crippen molar-refractivity contribution in [1.82, 2.24) is 14.8 Å². The van der Waals surface area contributed by atoms with Gasteiger partial charge >= 0.3 is 5.97 Å². The normalized spacial score (nSPS) is 14.5. The number of aromatic nitrogens is 3. The first-order chi connectivity index (χ1) is 7.38. The highest BCUT2D eigenvalue weighted by Crippen LogP contribution is 2.22. The molecule has 3 N–H and O–H groups in total. The van der Waals surface area contributed by atoms with Gasteiger partial charge in [0.05, 0.1) is 7.11 Å². The molecular formula is C8H14N4O3S. The maximum absolute atomic E-state index is 11.2. The van der Waals surface area contributed by atoms with E-state index in [2.05, 4.69) is 14.9 Å². The van der Waals surface area contributed by atoms with Crippen molar-refractivity contribution in [3.63, 3.8) is 0 Å². The molecule has 0 aliphatic heterocycles. The van der Waals surface area contributed by atoms with E-state index < -0.39 is 11.6 Å². The van der Waals surface area contributed by atoms with E-state index in [9.17, 15) is 9.90 Å². The maximum Gasteiger partial charge on any atom is 0.338 e. The summed E-state index contributed by atoms with van der Waals surface area (Å²) in [5, 5.41) is 17.7. The Morgan fingerprint density at radius 3 is 2.75 bits per heavy atom. The van der Waals surface area contributed by atoms with Crippen LogP contribution in [0.5, 0.6) is 0 Å². The molecule has 16 heavy (non-hydrogen) atoms. The fraction of sp³-hybridized carbons (Fsp3) is 0.625. The van der Waals surface area contributed by atoms with Gasteiger partial charge in [-0.15, -0.1) is 10.2 Å². The van der Waals surface area contributed by atoms with Crippen molar-refractivity contribution in [3.05, 3.63) is 0 Å². The first-order valence-electron chi connectivity index (χ1n) is 4.47. The minimum atomic E-state index is -1.56. The van der Waals surface area contributed by atoms with Gasteiger partial charge in [-0.05, 0) is 6.92 Å². The summed E-state index contributed by atoms with van der Waals surface area (Å²) in [6.45, 7) is 1.38. The van der Waals surface area contributed by atoms with Gasteiger partial charge in [-0.2, -0.15) is 0 Å². The number of methoxy groups -OCH3 is 1. The van der Waals surface area contributed by atoms with Gasteiger partial charge in [0.15, 0.2) is 10.8 Å². The summed E-state index contributed by atoms with van der Waals surface area (Å²) < 4.78 is 6.04. The van der Waals surface area contributed by atoms with Crippen LogP contribution >= 0.6 is 11.8 Å². The number of rotatable bonds is 4. The largest absolute Gasteiger partial charge is 0.467 e. The Labute approximate surface area is 97.0 Å². The fourth-order valence-electron chi connectivity index (χ4n) is 0.936. The van der Waals surface area contributed by atoms with E-state index in [0.29, 0.717) is 5.16 Å². The maximum atomic E-state index is 11.2. The Morgan fingerprint density at radius 2 is 2.31 bits per heavy atom. The molecule has 7 nitrogen and oxygen atoms in total. The summed E-state index contributed by atoms with van der Waals surface area (Å²) >= 11 is 1.18. The molecule has 1 heterocycles. The van der Waals surface area contributed by atoms with Crippen LogP contribution in [-0.2, 0) is 16.6 Å². The number of nitrogens with zero attached hydrogens (tertiary/aromatic N) is 3. The smallest absolute Gasteiger partial charge is 0.338 e. The van der Waals surface area contributed by atoms with Crippen molar-refractivity contribution in [2.75, 3.05) is 18.6 Å². The molecule has 0 aliphatic carbocycles. The van der Waals surface area contributed by atoms with Gasteiger partial charge in [-0.25, -0.2) is 4.79 Å². The monoisotopic (exact) mass is 246 g/mol. The molecule has 0 saturated carbocycles. The zero-order valence-electron chi connectivity index (χ0n) is 9.30. The predicted molar refractivity (Wildman–Crippen MR) is 58.8 cm³/mol. The summed E-state index contributed by atoms with van der Waals surface area (Å²) in [6, 6.07) is 0. The molecule has 0 radical (unpaired) electrons. The van der Waals surface area contributed by atoms with Crippen LogP contribution in [0.15, 0.2) is 5.16 Å². The summed E-state index contributed by atoms with van der Waals surface area (Å²) in [4.78, 5) is 11.2. The van der Waals surface area contributed by atoms with Gasteiger partial charge in [-0.1, -0.05) is 11.8 Å². The number of anilines is 1. The first kappa shape index (κ1) is 12.8. The molecule has 0 amide bonds. The molecule has 0 aromatic carbocycles. The molecule has 0 bridgehead atoms. The van der Waals surface area contributed by atoms with Gasteiger partial charge in [0.2, 0.25) is 5.95 Å². The van der Waals surface area contributed by atoms with Crippen molar-refractivity contribution in [3.8, 4) is 0 Å². The number of thioether (sulfide) groups is 1. The lowest BCUT2D eigenvalue weighted by atomic mass is 10.1. The molecule has 1 atom stereocenters. The van der Waals surface area contributed by atoms with Crippen molar-refractivity contribution < 1.29 is 14.6 Å². The number of hydrogen-bond acceptors (Lipinski definition) is 7. The van der Waals surface area contributed by atoms with E-state index in [1.165, 1.54) is 25.8 Å². The minimum Gasteiger partial charge on any atom is -0.467 e. The van der Waals surface area contributed by atoms with Crippen molar-refractivity contribution >= 4 is 23.7 Å². The highest BCUT2D eigenvalue weighted by atomic mass is 32.2. The molecule has 1 aromatic rings. The number of aliphatic hydroxyl groups is 1. The number of nitrogens with two attached hydrogens (primary N) is 1. The zero-order chi connectivity index (χ0) is 12.3. The van der Waals surface area contributed by atoms with Crippen LogP contribution in [-0.4, -0.2) is 44.3 Å². The Balaban J connectivity index is 2.64. The van der Waals surface area contributed by atoms with Crippen LogP contribution in [0.3, 0.4) is 0 Å². The lowest BCUT2D eigenvalue weighted by Gasteiger charge is -2.18. The second kappa shape index (κ2) is 4.71. The van der Waals surface area contributed by atoms with Crippen LogP contribution in [0.1, 0.15) is 6.92 Å². The van der Waals surface area contributed by atoms with E-state index in [0.717, 1.165) is 0 Å². The highest BCUT2D eigenvalue weighted by Gasteiger charge is 2.32.